The number of urea groups is 1. The Morgan fingerprint density at radius 2 is 1.62 bits per heavy atom. The average Bonchev–Trinajstić information content (AvgIpc) is 2.85. The Kier molecular flexibility index (Phi) is 4.57. The molecule has 134 valence electrons. The molecular weight excluding hydrogens is 343 g/mol. The van der Waals surface area contributed by atoms with Gasteiger partial charge in [0.25, 0.3) is 0 Å². The van der Waals surface area contributed by atoms with Crippen molar-refractivity contribution in [3.8, 4) is 11.5 Å². The number of halogens is 1. The zero-order valence-electron chi connectivity index (χ0n) is 14.1. The van der Waals surface area contributed by atoms with Crippen LogP contribution >= 0.6 is 0 Å². The summed E-state index contributed by atoms with van der Waals surface area (Å²) in [4.78, 5) is 38.5. The summed E-state index contributed by atoms with van der Waals surface area (Å²) in [6.45, 7) is -0.225. The van der Waals surface area contributed by atoms with Gasteiger partial charge in [0.15, 0.2) is 11.6 Å². The van der Waals surface area contributed by atoms with Gasteiger partial charge in [-0.05, 0) is 42.0 Å². The Labute approximate surface area is 148 Å². The molecule has 1 heterocycles. The van der Waals surface area contributed by atoms with Gasteiger partial charge >= 0.3 is 17.8 Å². The number of carbonyl (C=O) groups is 3. The first kappa shape index (κ1) is 17.4. The lowest BCUT2D eigenvalue weighted by Crippen LogP contribution is -2.33. The van der Waals surface area contributed by atoms with Crippen molar-refractivity contribution in [1.82, 2.24) is 4.90 Å². The number of ether oxygens (including phenoxy) is 2. The van der Waals surface area contributed by atoms with Crippen LogP contribution in [0.2, 0.25) is 0 Å². The van der Waals surface area contributed by atoms with E-state index in [4.69, 9.17) is 9.47 Å². The molecule has 3 rings (SSSR count). The van der Waals surface area contributed by atoms with E-state index in [1.54, 1.807) is 12.1 Å². The summed E-state index contributed by atoms with van der Waals surface area (Å²) in [5.41, 5.74) is 0.604. The third kappa shape index (κ3) is 2.97. The van der Waals surface area contributed by atoms with E-state index in [1.165, 1.54) is 38.5 Å². The molecule has 0 saturated carbocycles. The molecular formula is C18H15FN2O5. The van der Waals surface area contributed by atoms with Crippen molar-refractivity contribution >= 4 is 23.5 Å². The molecule has 0 aliphatic carbocycles. The molecule has 0 spiro atoms. The highest BCUT2D eigenvalue weighted by atomic mass is 19.1. The number of anilines is 1. The smallest absolute Gasteiger partial charge is 0.339 e. The molecule has 1 saturated heterocycles. The fraction of sp³-hybridized carbons (Fsp3) is 0.167. The van der Waals surface area contributed by atoms with Crippen LogP contribution in [0.25, 0.3) is 0 Å². The molecule has 1 aliphatic heterocycles. The number of nitrogens with zero attached hydrogens (tertiary/aromatic N) is 2. The van der Waals surface area contributed by atoms with Crippen molar-refractivity contribution < 1.29 is 28.2 Å². The topological polar surface area (TPSA) is 76.2 Å². The van der Waals surface area contributed by atoms with Crippen LogP contribution in [0.4, 0.5) is 14.9 Å². The van der Waals surface area contributed by atoms with Gasteiger partial charge in [0.05, 0.1) is 26.5 Å². The molecule has 4 amide bonds. The lowest BCUT2D eigenvalue weighted by Gasteiger charge is -2.16. The summed E-state index contributed by atoms with van der Waals surface area (Å²) < 4.78 is 23.7. The Hall–Kier alpha value is -3.42. The Morgan fingerprint density at radius 3 is 2.19 bits per heavy atom. The number of hydrogen-bond donors (Lipinski definition) is 0. The Balaban J connectivity index is 1.85. The highest BCUT2D eigenvalue weighted by Gasteiger charge is 2.45. The van der Waals surface area contributed by atoms with Gasteiger partial charge < -0.3 is 9.47 Å². The van der Waals surface area contributed by atoms with Crippen LogP contribution in [0.3, 0.4) is 0 Å². The maximum absolute atomic E-state index is 13.8. The average molecular weight is 358 g/mol. The van der Waals surface area contributed by atoms with Crippen LogP contribution in [-0.4, -0.2) is 37.0 Å². The minimum atomic E-state index is -0.970. The monoisotopic (exact) mass is 358 g/mol. The van der Waals surface area contributed by atoms with Gasteiger partial charge in [-0.2, -0.15) is 0 Å². The zero-order chi connectivity index (χ0) is 18.8. The molecule has 26 heavy (non-hydrogen) atoms. The third-order valence-corrected chi connectivity index (χ3v) is 3.94. The van der Waals surface area contributed by atoms with Gasteiger partial charge in [-0.3, -0.25) is 14.5 Å². The largest absolute Gasteiger partial charge is 0.497 e. The predicted molar refractivity (Wildman–Crippen MR) is 89.4 cm³/mol. The van der Waals surface area contributed by atoms with E-state index in [2.05, 4.69) is 0 Å². The maximum atomic E-state index is 13.8. The molecule has 2 aromatic rings. The third-order valence-electron chi connectivity index (χ3n) is 3.94. The van der Waals surface area contributed by atoms with Crippen molar-refractivity contribution in [3.63, 3.8) is 0 Å². The summed E-state index contributed by atoms with van der Waals surface area (Å²) >= 11 is 0. The lowest BCUT2D eigenvalue weighted by molar-refractivity contribution is -0.139. The molecule has 2 aromatic carbocycles. The lowest BCUT2D eigenvalue weighted by atomic mass is 10.2. The molecule has 1 fully saturated rings. The number of methoxy groups -OCH3 is 2. The van der Waals surface area contributed by atoms with Crippen molar-refractivity contribution in [3.05, 3.63) is 53.8 Å². The van der Waals surface area contributed by atoms with Crippen LogP contribution in [0, 0.1) is 5.82 Å². The summed E-state index contributed by atoms with van der Waals surface area (Å²) in [5.74, 6) is -1.97. The number of benzene rings is 2. The normalized spacial score (nSPS) is 14.2. The number of carbonyl (C=O) groups excluding carboxylic acids is 3. The number of imide groups is 2. The second kappa shape index (κ2) is 6.83. The van der Waals surface area contributed by atoms with Gasteiger partial charge in [0.1, 0.15) is 5.75 Å². The van der Waals surface area contributed by atoms with Gasteiger partial charge in [-0.25, -0.2) is 14.1 Å². The fourth-order valence-corrected chi connectivity index (χ4v) is 2.59. The first-order valence-electron chi connectivity index (χ1n) is 7.62. The van der Waals surface area contributed by atoms with Crippen LogP contribution in [0.15, 0.2) is 42.5 Å². The summed E-state index contributed by atoms with van der Waals surface area (Å²) in [7, 11) is 2.82. The SMILES string of the molecule is COc1ccc(N2C(=O)C(=O)N(Cc3ccc(OC)c(F)c3)C2=O)cc1. The van der Waals surface area contributed by atoms with E-state index in [0.717, 1.165) is 15.9 Å². The molecule has 0 aromatic heterocycles. The van der Waals surface area contributed by atoms with Gasteiger partial charge in [-0.15, -0.1) is 0 Å². The van der Waals surface area contributed by atoms with Crippen LogP contribution in [0.5, 0.6) is 11.5 Å². The standard InChI is InChI=1S/C18H15FN2O5/c1-25-13-6-4-12(5-7-13)21-17(23)16(22)20(18(21)24)10-11-3-8-15(26-2)14(19)9-11/h3-9H,10H2,1-2H3. The first-order chi connectivity index (χ1) is 12.5. The molecule has 7 nitrogen and oxygen atoms in total. The summed E-state index contributed by atoms with van der Waals surface area (Å²) in [6.07, 6.45) is 0. The highest BCUT2D eigenvalue weighted by Crippen LogP contribution is 2.26. The first-order valence-corrected chi connectivity index (χ1v) is 7.62. The Bertz CT molecular complexity index is 882. The molecule has 0 unspecified atom stereocenters. The van der Waals surface area contributed by atoms with Crippen molar-refractivity contribution in [2.45, 2.75) is 6.54 Å². The van der Waals surface area contributed by atoms with Gasteiger partial charge in [0.2, 0.25) is 0 Å². The molecule has 0 bridgehead atoms. The quantitative estimate of drug-likeness (QED) is 0.606. The van der Waals surface area contributed by atoms with E-state index in [0.29, 0.717) is 11.3 Å². The maximum Gasteiger partial charge on any atom is 0.339 e. The van der Waals surface area contributed by atoms with E-state index >= 15 is 0 Å². The fourth-order valence-electron chi connectivity index (χ4n) is 2.59. The van der Waals surface area contributed by atoms with Crippen molar-refractivity contribution in [1.29, 1.82) is 0 Å². The minimum Gasteiger partial charge on any atom is -0.497 e. The second-order valence-corrected chi connectivity index (χ2v) is 5.48. The zero-order valence-corrected chi connectivity index (χ0v) is 14.1. The van der Waals surface area contributed by atoms with E-state index in [1.807, 2.05) is 0 Å². The van der Waals surface area contributed by atoms with E-state index in [-0.39, 0.29) is 18.0 Å². The Morgan fingerprint density at radius 1 is 0.923 bits per heavy atom. The van der Waals surface area contributed by atoms with Gasteiger partial charge in [-0.1, -0.05) is 6.07 Å². The molecule has 8 heteroatoms. The van der Waals surface area contributed by atoms with Crippen LogP contribution < -0.4 is 14.4 Å². The highest BCUT2D eigenvalue weighted by molar-refractivity contribution is 6.52. The predicted octanol–water partition coefficient (Wildman–Crippen LogP) is 2.34. The summed E-state index contributed by atoms with van der Waals surface area (Å²) in [5, 5.41) is 0. The summed E-state index contributed by atoms with van der Waals surface area (Å²) in [6, 6.07) is 9.41. The van der Waals surface area contributed by atoms with Crippen LogP contribution in [0.1, 0.15) is 5.56 Å². The van der Waals surface area contributed by atoms with Crippen LogP contribution in [-0.2, 0) is 16.1 Å². The van der Waals surface area contributed by atoms with Crippen molar-refractivity contribution in [2.75, 3.05) is 19.1 Å². The van der Waals surface area contributed by atoms with Gasteiger partial charge in [0, 0.05) is 0 Å². The number of amides is 4. The van der Waals surface area contributed by atoms with E-state index < -0.39 is 23.7 Å². The molecule has 0 N–H and O–H groups in total. The molecule has 0 radical (unpaired) electrons. The van der Waals surface area contributed by atoms with Crippen molar-refractivity contribution in [2.24, 2.45) is 0 Å². The molecule has 0 atom stereocenters. The minimum absolute atomic E-state index is 0.0451. The van der Waals surface area contributed by atoms with E-state index in [9.17, 15) is 18.8 Å². The number of hydrogen-bond acceptors (Lipinski definition) is 5. The molecule has 1 aliphatic rings. The second-order valence-electron chi connectivity index (χ2n) is 5.48. The number of rotatable bonds is 5.